The Hall–Kier alpha value is -2.90. The number of nitriles is 1. The van der Waals surface area contributed by atoms with Crippen LogP contribution in [0.5, 0.6) is 11.5 Å². The summed E-state index contributed by atoms with van der Waals surface area (Å²) < 4.78 is 5.82. The molecular formula is C18H16ClN3O. The molecule has 2 aromatic rings. The molecule has 0 atom stereocenters. The number of nitrogens with two attached hydrogens (primary N) is 2. The first-order valence-corrected chi connectivity index (χ1v) is 7.26. The van der Waals surface area contributed by atoms with Gasteiger partial charge in [-0.15, -0.1) is 0 Å². The molecule has 0 aliphatic rings. The molecule has 4 N–H and O–H groups in total. The molecule has 0 radical (unpaired) electrons. The number of nitrogens with zero attached hydrogens (tertiary/aromatic N) is 1. The number of ether oxygens (including phenoxy) is 1. The summed E-state index contributed by atoms with van der Waals surface area (Å²) in [7, 11) is 0. The molecule has 0 saturated carbocycles. The third-order valence-electron chi connectivity index (χ3n) is 3.21. The molecular weight excluding hydrogens is 310 g/mol. The topological polar surface area (TPSA) is 85.1 Å². The summed E-state index contributed by atoms with van der Waals surface area (Å²) >= 11 is 6.19. The molecule has 0 bridgehead atoms. The number of rotatable bonds is 4. The van der Waals surface area contributed by atoms with Gasteiger partial charge in [0, 0.05) is 11.8 Å². The number of benzene rings is 2. The predicted molar refractivity (Wildman–Crippen MR) is 92.9 cm³/mol. The number of aryl methyl sites for hydroxylation is 1. The van der Waals surface area contributed by atoms with Crippen molar-refractivity contribution < 1.29 is 4.74 Å². The highest BCUT2D eigenvalue weighted by Crippen LogP contribution is 2.34. The van der Waals surface area contributed by atoms with Crippen molar-refractivity contribution in [2.24, 2.45) is 11.5 Å². The summed E-state index contributed by atoms with van der Waals surface area (Å²) in [5.41, 5.74) is 13.7. The fourth-order valence-corrected chi connectivity index (χ4v) is 2.39. The number of hydrogen-bond acceptors (Lipinski definition) is 4. The number of hydrogen-bond donors (Lipinski definition) is 2. The molecule has 0 unspecified atom stereocenters. The van der Waals surface area contributed by atoms with Crippen LogP contribution in [0.25, 0.3) is 5.57 Å². The fourth-order valence-electron chi connectivity index (χ4n) is 2.12. The zero-order valence-electron chi connectivity index (χ0n) is 12.6. The normalized spacial score (nSPS) is 11.4. The van der Waals surface area contributed by atoms with Crippen LogP contribution in [0.2, 0.25) is 5.02 Å². The maximum Gasteiger partial charge on any atom is 0.146 e. The molecule has 0 amide bonds. The Morgan fingerprint density at radius 1 is 1.22 bits per heavy atom. The fraction of sp³-hybridized carbons (Fsp3) is 0.0556. The maximum absolute atomic E-state index is 9.52. The molecule has 2 rings (SSSR count). The highest BCUT2D eigenvalue weighted by Gasteiger charge is 2.13. The van der Waals surface area contributed by atoms with E-state index in [4.69, 9.17) is 27.8 Å². The van der Waals surface area contributed by atoms with E-state index in [1.807, 2.05) is 13.0 Å². The van der Waals surface area contributed by atoms with E-state index in [0.29, 0.717) is 33.2 Å². The lowest BCUT2D eigenvalue weighted by Crippen LogP contribution is -1.96. The van der Waals surface area contributed by atoms with Gasteiger partial charge in [-0.3, -0.25) is 0 Å². The molecule has 0 heterocycles. The van der Waals surface area contributed by atoms with E-state index in [2.05, 4.69) is 6.07 Å². The van der Waals surface area contributed by atoms with E-state index in [0.717, 1.165) is 5.56 Å². The Bertz CT molecular complexity index is 820. The highest BCUT2D eigenvalue weighted by molar-refractivity contribution is 6.32. The van der Waals surface area contributed by atoms with Gasteiger partial charge in [-0.25, -0.2) is 0 Å². The van der Waals surface area contributed by atoms with Crippen molar-refractivity contribution in [2.75, 3.05) is 0 Å². The van der Waals surface area contributed by atoms with Gasteiger partial charge in [0.15, 0.2) is 0 Å². The van der Waals surface area contributed by atoms with Crippen molar-refractivity contribution in [3.05, 3.63) is 76.6 Å². The number of allylic oxidation sites excluding steroid dienone is 2. The van der Waals surface area contributed by atoms with Crippen LogP contribution in [-0.2, 0) is 0 Å². The lowest BCUT2D eigenvalue weighted by Gasteiger charge is -2.12. The highest BCUT2D eigenvalue weighted by atomic mass is 35.5. The standard InChI is InChI=1S/C18H16ClN3O/c1-12-5-6-18(16(19)9-12)23-17-4-2-3-14(15(17)11-22)13(10-21)7-8-20/h2-10H,20-21H2,1H3/b8-7-,13-10?. The first-order chi connectivity index (χ1) is 11.1. The van der Waals surface area contributed by atoms with Crippen LogP contribution in [0.4, 0.5) is 0 Å². The van der Waals surface area contributed by atoms with Crippen LogP contribution in [-0.4, -0.2) is 0 Å². The minimum absolute atomic E-state index is 0.360. The summed E-state index contributed by atoms with van der Waals surface area (Å²) in [5, 5.41) is 10.00. The Morgan fingerprint density at radius 3 is 2.61 bits per heavy atom. The van der Waals surface area contributed by atoms with E-state index < -0.39 is 0 Å². The minimum Gasteiger partial charge on any atom is -0.454 e. The molecule has 0 fully saturated rings. The Kier molecular flexibility index (Phi) is 5.29. The van der Waals surface area contributed by atoms with Crippen molar-refractivity contribution >= 4 is 17.2 Å². The quantitative estimate of drug-likeness (QED) is 0.829. The molecule has 0 aliphatic carbocycles. The SMILES string of the molecule is Cc1ccc(Oc2cccc(C(=CN)/C=C\N)c2C#N)c(Cl)c1. The average Bonchev–Trinajstić information content (AvgIpc) is 2.55. The first kappa shape index (κ1) is 16.5. The van der Waals surface area contributed by atoms with Crippen molar-refractivity contribution in [1.29, 1.82) is 5.26 Å². The van der Waals surface area contributed by atoms with Gasteiger partial charge in [-0.1, -0.05) is 29.8 Å². The summed E-state index contributed by atoms with van der Waals surface area (Å²) in [6.45, 7) is 1.94. The van der Waals surface area contributed by atoms with E-state index in [-0.39, 0.29) is 0 Å². The monoisotopic (exact) mass is 325 g/mol. The van der Waals surface area contributed by atoms with Crippen molar-refractivity contribution in [1.82, 2.24) is 0 Å². The van der Waals surface area contributed by atoms with Crippen LogP contribution in [0.3, 0.4) is 0 Å². The molecule has 2 aromatic carbocycles. The third kappa shape index (κ3) is 3.65. The van der Waals surface area contributed by atoms with Gasteiger partial charge >= 0.3 is 0 Å². The van der Waals surface area contributed by atoms with Gasteiger partial charge < -0.3 is 16.2 Å². The van der Waals surface area contributed by atoms with Crippen LogP contribution in [0.15, 0.2) is 54.9 Å². The molecule has 5 heteroatoms. The maximum atomic E-state index is 9.52. The van der Waals surface area contributed by atoms with Gasteiger partial charge in [0.2, 0.25) is 0 Å². The lowest BCUT2D eigenvalue weighted by molar-refractivity contribution is 0.481. The zero-order valence-corrected chi connectivity index (χ0v) is 13.3. The molecule has 0 aromatic heterocycles. The second kappa shape index (κ2) is 7.39. The van der Waals surface area contributed by atoms with Crippen molar-refractivity contribution in [3.8, 4) is 17.6 Å². The molecule has 4 nitrogen and oxygen atoms in total. The van der Waals surface area contributed by atoms with Crippen LogP contribution in [0, 0.1) is 18.3 Å². The van der Waals surface area contributed by atoms with E-state index >= 15 is 0 Å². The molecule has 116 valence electrons. The summed E-state index contributed by atoms with van der Waals surface area (Å²) in [5.74, 6) is 0.888. The summed E-state index contributed by atoms with van der Waals surface area (Å²) in [6.07, 6.45) is 4.38. The average molecular weight is 326 g/mol. The second-order valence-corrected chi connectivity index (χ2v) is 5.21. The van der Waals surface area contributed by atoms with E-state index in [9.17, 15) is 5.26 Å². The van der Waals surface area contributed by atoms with Crippen LogP contribution >= 0.6 is 11.6 Å². The number of halogens is 1. The van der Waals surface area contributed by atoms with Crippen molar-refractivity contribution in [3.63, 3.8) is 0 Å². The Morgan fingerprint density at radius 2 is 2.00 bits per heavy atom. The summed E-state index contributed by atoms with van der Waals surface area (Å²) in [6, 6.07) is 12.9. The first-order valence-electron chi connectivity index (χ1n) is 6.88. The Balaban J connectivity index is 2.50. The third-order valence-corrected chi connectivity index (χ3v) is 3.51. The zero-order chi connectivity index (χ0) is 16.8. The predicted octanol–water partition coefficient (Wildman–Crippen LogP) is 4.08. The van der Waals surface area contributed by atoms with Crippen molar-refractivity contribution in [2.45, 2.75) is 6.92 Å². The minimum atomic E-state index is 0.360. The summed E-state index contributed by atoms with van der Waals surface area (Å²) in [4.78, 5) is 0. The van der Waals surface area contributed by atoms with E-state index in [1.54, 1.807) is 36.4 Å². The van der Waals surface area contributed by atoms with Gasteiger partial charge in [-0.2, -0.15) is 5.26 Å². The largest absolute Gasteiger partial charge is 0.454 e. The van der Waals surface area contributed by atoms with Gasteiger partial charge in [0.05, 0.1) is 5.02 Å². The Labute approximate surface area is 140 Å². The van der Waals surface area contributed by atoms with Gasteiger partial charge in [0.25, 0.3) is 0 Å². The second-order valence-electron chi connectivity index (χ2n) is 4.81. The molecule has 23 heavy (non-hydrogen) atoms. The lowest BCUT2D eigenvalue weighted by atomic mass is 10.00. The van der Waals surface area contributed by atoms with E-state index in [1.165, 1.54) is 12.4 Å². The van der Waals surface area contributed by atoms with Gasteiger partial charge in [0.1, 0.15) is 23.1 Å². The van der Waals surface area contributed by atoms with Gasteiger partial charge in [-0.05, 0) is 48.5 Å². The van der Waals surface area contributed by atoms with Crippen LogP contribution < -0.4 is 16.2 Å². The molecule has 0 spiro atoms. The van der Waals surface area contributed by atoms with Crippen LogP contribution in [0.1, 0.15) is 16.7 Å². The molecule has 0 aliphatic heterocycles. The molecule has 0 saturated heterocycles. The smallest absolute Gasteiger partial charge is 0.146 e.